The molecular formula is C15H16Cl3N3. The molecule has 1 heterocycles. The molecule has 2 aromatic rings. The quantitative estimate of drug-likeness (QED) is 0.691. The first-order valence-corrected chi connectivity index (χ1v) is 8.15. The Hall–Kier alpha value is -0.900. The van der Waals surface area contributed by atoms with Gasteiger partial charge in [0.05, 0.1) is 26.4 Å². The predicted octanol–water partition coefficient (Wildman–Crippen LogP) is 6.01. The fourth-order valence-corrected chi connectivity index (χ4v) is 3.40. The maximum Gasteiger partial charge on any atom is 0.207 e. The van der Waals surface area contributed by atoms with Crippen molar-refractivity contribution >= 4 is 46.4 Å². The van der Waals surface area contributed by atoms with E-state index in [0.29, 0.717) is 21.1 Å². The Morgan fingerprint density at radius 3 is 2.48 bits per heavy atom. The number of imidazole rings is 1. The van der Waals surface area contributed by atoms with Gasteiger partial charge in [0.2, 0.25) is 5.95 Å². The second kappa shape index (κ2) is 6.07. The van der Waals surface area contributed by atoms with E-state index in [4.69, 9.17) is 34.8 Å². The number of benzene rings is 1. The molecule has 0 atom stereocenters. The fraction of sp³-hybridized carbons (Fsp3) is 0.400. The molecule has 1 aliphatic carbocycles. The van der Waals surface area contributed by atoms with Gasteiger partial charge >= 0.3 is 0 Å². The standard InChI is InChI=1S/C15H16Cl3N3/c1-9-8-21(10-4-2-3-5-10)15(19-9)20-14-7-12(17)11(16)6-13(14)18/h6-8,10H,2-5H2,1H3,(H,19,20). The third kappa shape index (κ3) is 3.15. The molecule has 1 fully saturated rings. The van der Waals surface area contributed by atoms with Crippen LogP contribution in [0.2, 0.25) is 15.1 Å². The van der Waals surface area contributed by atoms with Gasteiger partial charge in [-0.3, -0.25) is 0 Å². The Morgan fingerprint density at radius 1 is 1.10 bits per heavy atom. The Balaban J connectivity index is 1.93. The lowest BCUT2D eigenvalue weighted by Gasteiger charge is -2.16. The molecule has 1 saturated carbocycles. The molecule has 0 amide bonds. The largest absolute Gasteiger partial charge is 0.324 e. The van der Waals surface area contributed by atoms with Crippen LogP contribution < -0.4 is 5.32 Å². The Morgan fingerprint density at radius 2 is 1.76 bits per heavy atom. The molecule has 3 rings (SSSR count). The van der Waals surface area contributed by atoms with E-state index in [0.717, 1.165) is 17.3 Å². The maximum absolute atomic E-state index is 6.23. The molecule has 0 bridgehead atoms. The molecule has 1 aromatic carbocycles. The van der Waals surface area contributed by atoms with Crippen LogP contribution in [0.3, 0.4) is 0 Å². The summed E-state index contributed by atoms with van der Waals surface area (Å²) in [6.45, 7) is 1.99. The lowest BCUT2D eigenvalue weighted by atomic mass is 10.2. The summed E-state index contributed by atoms with van der Waals surface area (Å²) in [6.07, 6.45) is 7.02. The summed E-state index contributed by atoms with van der Waals surface area (Å²) in [7, 11) is 0. The molecule has 3 nitrogen and oxygen atoms in total. The van der Waals surface area contributed by atoms with Crippen LogP contribution in [0.4, 0.5) is 11.6 Å². The third-order valence-corrected chi connectivity index (χ3v) is 4.86. The lowest BCUT2D eigenvalue weighted by molar-refractivity contribution is 0.524. The van der Waals surface area contributed by atoms with E-state index in [1.807, 2.05) is 6.92 Å². The second-order valence-corrected chi connectivity index (χ2v) is 6.64. The minimum Gasteiger partial charge on any atom is -0.324 e. The van der Waals surface area contributed by atoms with Crippen molar-refractivity contribution in [3.8, 4) is 0 Å². The van der Waals surface area contributed by atoms with Crippen LogP contribution in [0.25, 0.3) is 0 Å². The maximum atomic E-state index is 6.23. The zero-order valence-electron chi connectivity index (χ0n) is 11.7. The average Bonchev–Trinajstić information content (AvgIpc) is 3.05. The van der Waals surface area contributed by atoms with Crippen molar-refractivity contribution in [3.63, 3.8) is 0 Å². The number of anilines is 2. The van der Waals surface area contributed by atoms with Crippen LogP contribution in [0, 0.1) is 6.92 Å². The van der Waals surface area contributed by atoms with Gasteiger partial charge in [-0.15, -0.1) is 0 Å². The topological polar surface area (TPSA) is 29.9 Å². The van der Waals surface area contributed by atoms with Gasteiger partial charge in [0.15, 0.2) is 0 Å². The molecular weight excluding hydrogens is 329 g/mol. The molecule has 112 valence electrons. The minimum absolute atomic E-state index is 0.447. The second-order valence-electron chi connectivity index (χ2n) is 5.42. The van der Waals surface area contributed by atoms with E-state index in [9.17, 15) is 0 Å². The van der Waals surface area contributed by atoms with Crippen LogP contribution >= 0.6 is 34.8 Å². The summed E-state index contributed by atoms with van der Waals surface area (Å²) >= 11 is 18.3. The number of halogens is 3. The molecule has 1 aromatic heterocycles. The summed E-state index contributed by atoms with van der Waals surface area (Å²) in [5.41, 5.74) is 1.71. The van der Waals surface area contributed by atoms with Crippen molar-refractivity contribution in [2.75, 3.05) is 5.32 Å². The first-order chi connectivity index (χ1) is 10.0. The molecule has 1 aliphatic rings. The van der Waals surface area contributed by atoms with Crippen molar-refractivity contribution in [3.05, 3.63) is 39.1 Å². The number of rotatable bonds is 3. The van der Waals surface area contributed by atoms with Crippen molar-refractivity contribution in [1.82, 2.24) is 9.55 Å². The van der Waals surface area contributed by atoms with Crippen molar-refractivity contribution < 1.29 is 0 Å². The Kier molecular flexibility index (Phi) is 4.34. The highest BCUT2D eigenvalue weighted by molar-refractivity contribution is 6.44. The van der Waals surface area contributed by atoms with Crippen LogP contribution in [0.15, 0.2) is 18.3 Å². The third-order valence-electron chi connectivity index (χ3n) is 3.83. The predicted molar refractivity (Wildman–Crippen MR) is 89.2 cm³/mol. The highest BCUT2D eigenvalue weighted by Gasteiger charge is 2.20. The normalized spacial score (nSPS) is 15.6. The SMILES string of the molecule is Cc1cn(C2CCCC2)c(Nc2cc(Cl)c(Cl)cc2Cl)n1. The van der Waals surface area contributed by atoms with E-state index >= 15 is 0 Å². The molecule has 1 N–H and O–H groups in total. The number of aromatic nitrogens is 2. The van der Waals surface area contributed by atoms with E-state index in [1.165, 1.54) is 25.7 Å². The Bertz CT molecular complexity index is 660. The summed E-state index contributed by atoms with van der Waals surface area (Å²) in [5.74, 6) is 0.805. The van der Waals surface area contributed by atoms with E-state index in [2.05, 4.69) is 21.1 Å². The summed E-state index contributed by atoms with van der Waals surface area (Å²) < 4.78 is 2.21. The molecule has 0 unspecified atom stereocenters. The van der Waals surface area contributed by atoms with Crippen molar-refractivity contribution in [2.45, 2.75) is 38.6 Å². The summed E-state index contributed by atoms with van der Waals surface area (Å²) in [5, 5.41) is 4.73. The number of aryl methyl sites for hydroxylation is 1. The van der Waals surface area contributed by atoms with Gasteiger partial charge in [0.1, 0.15) is 0 Å². The first kappa shape index (κ1) is 15.0. The van der Waals surface area contributed by atoms with Gasteiger partial charge in [-0.25, -0.2) is 4.98 Å². The zero-order chi connectivity index (χ0) is 15.0. The molecule has 21 heavy (non-hydrogen) atoms. The van der Waals surface area contributed by atoms with Gasteiger partial charge < -0.3 is 9.88 Å². The molecule has 6 heteroatoms. The summed E-state index contributed by atoms with van der Waals surface area (Å²) in [6, 6.07) is 3.88. The van der Waals surface area contributed by atoms with Gasteiger partial charge in [-0.2, -0.15) is 0 Å². The average molecular weight is 345 g/mol. The van der Waals surface area contributed by atoms with Gasteiger partial charge in [0, 0.05) is 12.2 Å². The molecule has 0 aliphatic heterocycles. The van der Waals surface area contributed by atoms with Crippen molar-refractivity contribution in [1.29, 1.82) is 0 Å². The van der Waals surface area contributed by atoms with E-state index in [-0.39, 0.29) is 0 Å². The van der Waals surface area contributed by atoms with Crippen LogP contribution in [0.1, 0.15) is 37.4 Å². The smallest absolute Gasteiger partial charge is 0.207 e. The minimum atomic E-state index is 0.447. The van der Waals surface area contributed by atoms with Gasteiger partial charge in [0.25, 0.3) is 0 Å². The van der Waals surface area contributed by atoms with Crippen LogP contribution in [-0.4, -0.2) is 9.55 Å². The van der Waals surface area contributed by atoms with Gasteiger partial charge in [-0.05, 0) is 31.9 Å². The number of nitrogens with zero attached hydrogens (tertiary/aromatic N) is 2. The number of hydrogen-bond donors (Lipinski definition) is 1. The monoisotopic (exact) mass is 343 g/mol. The number of hydrogen-bond acceptors (Lipinski definition) is 2. The van der Waals surface area contributed by atoms with E-state index in [1.54, 1.807) is 12.1 Å². The fourth-order valence-electron chi connectivity index (χ4n) is 2.81. The molecule has 0 saturated heterocycles. The first-order valence-electron chi connectivity index (χ1n) is 7.01. The Labute approximate surface area is 139 Å². The van der Waals surface area contributed by atoms with E-state index < -0.39 is 0 Å². The zero-order valence-corrected chi connectivity index (χ0v) is 13.9. The highest BCUT2D eigenvalue weighted by Crippen LogP contribution is 2.36. The number of nitrogens with one attached hydrogen (secondary N) is 1. The van der Waals surface area contributed by atoms with Crippen molar-refractivity contribution in [2.24, 2.45) is 0 Å². The molecule has 0 radical (unpaired) electrons. The lowest BCUT2D eigenvalue weighted by Crippen LogP contribution is -2.08. The summed E-state index contributed by atoms with van der Waals surface area (Å²) in [4.78, 5) is 4.56. The van der Waals surface area contributed by atoms with Gasteiger partial charge in [-0.1, -0.05) is 47.6 Å². The molecule has 0 spiro atoms. The van der Waals surface area contributed by atoms with Crippen LogP contribution in [-0.2, 0) is 0 Å². The highest BCUT2D eigenvalue weighted by atomic mass is 35.5. The van der Waals surface area contributed by atoms with Crippen LogP contribution in [0.5, 0.6) is 0 Å².